The van der Waals surface area contributed by atoms with E-state index in [9.17, 15) is 4.79 Å². The summed E-state index contributed by atoms with van der Waals surface area (Å²) >= 11 is 0. The number of ether oxygens (including phenoxy) is 2. The third kappa shape index (κ3) is 6.00. The van der Waals surface area contributed by atoms with Crippen molar-refractivity contribution < 1.29 is 14.3 Å². The largest absolute Gasteiger partial charge is 0.382 e. The number of amides is 1. The number of hydrogen-bond acceptors (Lipinski definition) is 4. The van der Waals surface area contributed by atoms with Crippen LogP contribution in [0.5, 0.6) is 0 Å². The van der Waals surface area contributed by atoms with Crippen LogP contribution in [-0.2, 0) is 14.3 Å². The van der Waals surface area contributed by atoms with Gasteiger partial charge in [-0.2, -0.15) is 0 Å². The molecule has 0 radical (unpaired) electrons. The molecule has 1 aliphatic heterocycles. The van der Waals surface area contributed by atoms with Crippen molar-refractivity contribution in [2.75, 3.05) is 40.0 Å². The molecule has 0 aromatic heterocycles. The van der Waals surface area contributed by atoms with E-state index in [0.717, 1.165) is 19.4 Å². The van der Waals surface area contributed by atoms with Crippen LogP contribution in [0.2, 0.25) is 0 Å². The first-order valence-corrected chi connectivity index (χ1v) is 6.31. The molecule has 0 aromatic carbocycles. The van der Waals surface area contributed by atoms with Gasteiger partial charge in [-0.3, -0.25) is 4.79 Å². The summed E-state index contributed by atoms with van der Waals surface area (Å²) in [5, 5.41) is 6.12. The predicted molar refractivity (Wildman–Crippen MR) is 65.9 cm³/mol. The normalized spacial score (nSPS) is 24.6. The van der Waals surface area contributed by atoms with Crippen LogP contribution in [0.3, 0.4) is 0 Å². The maximum Gasteiger partial charge on any atom is 0.237 e. The van der Waals surface area contributed by atoms with Crippen molar-refractivity contribution in [2.24, 2.45) is 5.92 Å². The number of piperidine rings is 1. The fourth-order valence-corrected chi connectivity index (χ4v) is 1.92. The fraction of sp³-hybridized carbons (Fsp3) is 0.917. The number of hydrogen-bond donors (Lipinski definition) is 2. The Morgan fingerprint density at radius 3 is 2.94 bits per heavy atom. The Hall–Kier alpha value is -0.650. The van der Waals surface area contributed by atoms with Crippen LogP contribution in [-0.4, -0.2) is 52.0 Å². The van der Waals surface area contributed by atoms with E-state index in [1.165, 1.54) is 0 Å². The van der Waals surface area contributed by atoms with Crippen LogP contribution in [0.4, 0.5) is 0 Å². The van der Waals surface area contributed by atoms with Gasteiger partial charge in [-0.1, -0.05) is 6.92 Å². The third-order valence-electron chi connectivity index (χ3n) is 2.96. The topological polar surface area (TPSA) is 59.6 Å². The summed E-state index contributed by atoms with van der Waals surface area (Å²) in [7, 11) is 1.64. The number of rotatable bonds is 7. The molecule has 0 aromatic rings. The van der Waals surface area contributed by atoms with Crippen LogP contribution in [0.1, 0.15) is 19.8 Å². The van der Waals surface area contributed by atoms with E-state index < -0.39 is 0 Å². The second kappa shape index (κ2) is 8.44. The molecule has 2 unspecified atom stereocenters. The molecule has 1 saturated heterocycles. The van der Waals surface area contributed by atoms with Gasteiger partial charge in [0.25, 0.3) is 0 Å². The molecular weight excluding hydrogens is 220 g/mol. The lowest BCUT2D eigenvalue weighted by Gasteiger charge is -2.27. The predicted octanol–water partition coefficient (Wildman–Crippen LogP) is 0.154. The molecule has 5 heteroatoms. The molecule has 1 aliphatic rings. The molecule has 1 fully saturated rings. The third-order valence-corrected chi connectivity index (χ3v) is 2.96. The smallest absolute Gasteiger partial charge is 0.237 e. The van der Waals surface area contributed by atoms with Crippen molar-refractivity contribution in [1.82, 2.24) is 10.6 Å². The quantitative estimate of drug-likeness (QED) is 0.626. The van der Waals surface area contributed by atoms with Crippen LogP contribution >= 0.6 is 0 Å². The summed E-state index contributed by atoms with van der Waals surface area (Å²) in [4.78, 5) is 11.8. The van der Waals surface area contributed by atoms with Crippen molar-refractivity contribution in [1.29, 1.82) is 0 Å². The molecule has 1 heterocycles. The van der Waals surface area contributed by atoms with Crippen molar-refractivity contribution in [3.63, 3.8) is 0 Å². The minimum absolute atomic E-state index is 0.0299. The van der Waals surface area contributed by atoms with Crippen LogP contribution in [0.15, 0.2) is 0 Å². The molecule has 1 rings (SSSR count). The van der Waals surface area contributed by atoms with Gasteiger partial charge in [-0.05, 0) is 25.3 Å². The molecule has 17 heavy (non-hydrogen) atoms. The summed E-state index contributed by atoms with van der Waals surface area (Å²) in [6.07, 6.45) is 2.08. The molecule has 100 valence electrons. The molecule has 1 amide bonds. The van der Waals surface area contributed by atoms with E-state index in [0.29, 0.717) is 32.3 Å². The maximum absolute atomic E-state index is 11.8. The minimum Gasteiger partial charge on any atom is -0.382 e. The van der Waals surface area contributed by atoms with Crippen LogP contribution in [0, 0.1) is 5.92 Å². The van der Waals surface area contributed by atoms with Gasteiger partial charge >= 0.3 is 0 Å². The van der Waals surface area contributed by atoms with Crippen molar-refractivity contribution in [2.45, 2.75) is 25.8 Å². The molecule has 2 N–H and O–H groups in total. The first-order chi connectivity index (χ1) is 8.24. The number of carbonyl (C=O) groups is 1. The second-order valence-corrected chi connectivity index (χ2v) is 4.53. The maximum atomic E-state index is 11.8. The molecule has 0 saturated carbocycles. The van der Waals surface area contributed by atoms with E-state index in [1.807, 2.05) is 0 Å². The summed E-state index contributed by atoms with van der Waals surface area (Å²) in [6, 6.07) is -0.0299. The summed E-state index contributed by atoms with van der Waals surface area (Å²) in [5.74, 6) is 0.719. The highest BCUT2D eigenvalue weighted by Crippen LogP contribution is 2.14. The minimum atomic E-state index is -0.0299. The van der Waals surface area contributed by atoms with Crippen LogP contribution < -0.4 is 10.6 Å². The zero-order valence-electron chi connectivity index (χ0n) is 10.8. The van der Waals surface area contributed by atoms with Crippen molar-refractivity contribution >= 4 is 5.91 Å². The fourth-order valence-electron chi connectivity index (χ4n) is 1.92. The van der Waals surface area contributed by atoms with E-state index >= 15 is 0 Å². The number of nitrogens with one attached hydrogen (secondary N) is 2. The lowest BCUT2D eigenvalue weighted by molar-refractivity contribution is -0.124. The molecule has 2 atom stereocenters. The lowest BCUT2D eigenvalue weighted by atomic mass is 9.94. The van der Waals surface area contributed by atoms with Crippen molar-refractivity contribution in [3.05, 3.63) is 0 Å². The Labute approximate surface area is 103 Å². The Kier molecular flexibility index (Phi) is 7.16. The molecule has 0 bridgehead atoms. The highest BCUT2D eigenvalue weighted by atomic mass is 16.5. The summed E-state index contributed by atoms with van der Waals surface area (Å²) < 4.78 is 10.1. The average Bonchev–Trinajstić information content (AvgIpc) is 2.33. The van der Waals surface area contributed by atoms with E-state index in [-0.39, 0.29) is 11.9 Å². The van der Waals surface area contributed by atoms with Gasteiger partial charge < -0.3 is 20.1 Å². The van der Waals surface area contributed by atoms with Gasteiger partial charge in [0.2, 0.25) is 5.91 Å². The Balaban J connectivity index is 2.04. The van der Waals surface area contributed by atoms with Gasteiger partial charge in [-0.15, -0.1) is 0 Å². The Morgan fingerprint density at radius 1 is 1.41 bits per heavy atom. The first kappa shape index (κ1) is 14.4. The Bertz CT molecular complexity index is 224. The molecule has 0 spiro atoms. The second-order valence-electron chi connectivity index (χ2n) is 4.53. The Morgan fingerprint density at radius 2 is 2.24 bits per heavy atom. The summed E-state index contributed by atoms with van der Waals surface area (Å²) in [6.45, 7) is 5.39. The highest BCUT2D eigenvalue weighted by Gasteiger charge is 2.23. The summed E-state index contributed by atoms with van der Waals surface area (Å²) in [5.41, 5.74) is 0. The molecule has 5 nitrogen and oxygen atoms in total. The SMILES string of the molecule is COCCOCCNC(=O)C1CC(C)CCN1. The van der Waals surface area contributed by atoms with Crippen molar-refractivity contribution in [3.8, 4) is 0 Å². The van der Waals surface area contributed by atoms with E-state index in [4.69, 9.17) is 9.47 Å². The number of methoxy groups -OCH3 is 1. The standard InChI is InChI=1S/C12H24N2O3/c1-10-3-4-13-11(9-10)12(15)14-5-6-17-8-7-16-2/h10-11,13H,3-9H2,1-2H3,(H,14,15). The monoisotopic (exact) mass is 244 g/mol. The molecular formula is C12H24N2O3. The highest BCUT2D eigenvalue weighted by molar-refractivity contribution is 5.81. The van der Waals surface area contributed by atoms with E-state index in [1.54, 1.807) is 7.11 Å². The van der Waals surface area contributed by atoms with Gasteiger partial charge in [0.05, 0.1) is 25.9 Å². The van der Waals surface area contributed by atoms with Gasteiger partial charge in [0.15, 0.2) is 0 Å². The first-order valence-electron chi connectivity index (χ1n) is 6.31. The van der Waals surface area contributed by atoms with Crippen LogP contribution in [0.25, 0.3) is 0 Å². The van der Waals surface area contributed by atoms with Gasteiger partial charge in [-0.25, -0.2) is 0 Å². The van der Waals surface area contributed by atoms with Gasteiger partial charge in [0.1, 0.15) is 0 Å². The molecule has 0 aliphatic carbocycles. The zero-order valence-corrected chi connectivity index (χ0v) is 10.8. The van der Waals surface area contributed by atoms with Gasteiger partial charge in [0, 0.05) is 13.7 Å². The average molecular weight is 244 g/mol. The zero-order chi connectivity index (χ0) is 12.5. The lowest BCUT2D eigenvalue weighted by Crippen LogP contribution is -2.49. The van der Waals surface area contributed by atoms with E-state index in [2.05, 4.69) is 17.6 Å². The number of carbonyl (C=O) groups excluding carboxylic acids is 1.